The molecule has 1 aliphatic rings. The number of thiocarbonyl (C=S) groups is 1. The molecule has 2 amide bonds. The van der Waals surface area contributed by atoms with Gasteiger partial charge in [-0.05, 0) is 54.9 Å². The fraction of sp³-hybridized carbons (Fsp3) is 0.400. The summed E-state index contributed by atoms with van der Waals surface area (Å²) in [7, 11) is 1.53. The average Bonchev–Trinajstić information content (AvgIpc) is 2.78. The number of nitrogens with zero attached hydrogens (tertiary/aromatic N) is 2. The fourth-order valence-corrected chi connectivity index (χ4v) is 4.36. The van der Waals surface area contributed by atoms with Crippen LogP contribution in [0.25, 0.3) is 0 Å². The molecule has 1 heterocycles. The molecule has 2 aromatic carbocycles. The lowest BCUT2D eigenvalue weighted by molar-refractivity contribution is -0.132. The van der Waals surface area contributed by atoms with Crippen LogP contribution in [-0.4, -0.2) is 55.1 Å². The van der Waals surface area contributed by atoms with E-state index in [9.17, 15) is 9.59 Å². The predicted octanol–water partition coefficient (Wildman–Crippen LogP) is 4.48. The van der Waals surface area contributed by atoms with E-state index in [0.717, 1.165) is 11.3 Å². The normalized spacial score (nSPS) is 13.6. The van der Waals surface area contributed by atoms with Crippen LogP contribution in [0.1, 0.15) is 36.2 Å². The molecule has 0 radical (unpaired) electrons. The molecule has 0 atom stereocenters. The highest BCUT2D eigenvalue weighted by atomic mass is 35.5. The Hall–Kier alpha value is -2.84. The minimum Gasteiger partial charge on any atom is -0.496 e. The van der Waals surface area contributed by atoms with E-state index in [0.29, 0.717) is 60.5 Å². The van der Waals surface area contributed by atoms with Gasteiger partial charge in [-0.25, -0.2) is 0 Å². The fourth-order valence-electron chi connectivity index (χ4n) is 3.99. The molecule has 0 aromatic heterocycles. The Morgan fingerprint density at radius 2 is 1.85 bits per heavy atom. The monoisotopic (exact) mass is 502 g/mol. The minimum absolute atomic E-state index is 0.155. The first-order valence-corrected chi connectivity index (χ1v) is 12.1. The largest absolute Gasteiger partial charge is 0.496 e. The number of para-hydroxylation sites is 1. The first kappa shape index (κ1) is 25.8. The van der Waals surface area contributed by atoms with Gasteiger partial charge >= 0.3 is 0 Å². The highest BCUT2D eigenvalue weighted by Crippen LogP contribution is 2.30. The number of hydrogen-bond acceptors (Lipinski definition) is 5. The SMILES string of the molecule is COc1c(C)cccc1C(=O)NC(=S)Nc1cc(Cl)ccc1N1CCN(C(=O)CC(C)C)CC1. The van der Waals surface area contributed by atoms with Crippen LogP contribution >= 0.6 is 23.8 Å². The molecule has 34 heavy (non-hydrogen) atoms. The number of carbonyl (C=O) groups is 2. The van der Waals surface area contributed by atoms with Gasteiger partial charge in [0, 0.05) is 37.6 Å². The van der Waals surface area contributed by atoms with Crippen LogP contribution < -0.4 is 20.3 Å². The molecular formula is C25H31ClN4O3S. The van der Waals surface area contributed by atoms with Gasteiger partial charge in [-0.15, -0.1) is 0 Å². The van der Waals surface area contributed by atoms with E-state index in [2.05, 4.69) is 29.4 Å². The number of nitrogens with one attached hydrogen (secondary N) is 2. The lowest BCUT2D eigenvalue weighted by Crippen LogP contribution is -2.49. The first-order chi connectivity index (χ1) is 16.2. The lowest BCUT2D eigenvalue weighted by atomic mass is 10.1. The van der Waals surface area contributed by atoms with Crippen LogP contribution in [0.3, 0.4) is 0 Å². The Morgan fingerprint density at radius 3 is 2.50 bits per heavy atom. The number of benzene rings is 2. The number of rotatable bonds is 6. The van der Waals surface area contributed by atoms with Gasteiger partial charge in [-0.2, -0.15) is 0 Å². The summed E-state index contributed by atoms with van der Waals surface area (Å²) in [4.78, 5) is 29.3. The highest BCUT2D eigenvalue weighted by Gasteiger charge is 2.24. The number of hydrogen-bond donors (Lipinski definition) is 2. The maximum atomic E-state index is 12.8. The van der Waals surface area contributed by atoms with Crippen molar-refractivity contribution in [2.45, 2.75) is 27.2 Å². The van der Waals surface area contributed by atoms with E-state index in [1.165, 1.54) is 7.11 Å². The van der Waals surface area contributed by atoms with Crippen molar-refractivity contribution in [2.24, 2.45) is 5.92 Å². The van der Waals surface area contributed by atoms with Crippen LogP contribution in [0, 0.1) is 12.8 Å². The third kappa shape index (κ3) is 6.39. The Balaban J connectivity index is 1.69. The molecule has 3 rings (SSSR count). The zero-order valence-electron chi connectivity index (χ0n) is 20.0. The van der Waals surface area contributed by atoms with Crippen molar-refractivity contribution in [1.82, 2.24) is 10.2 Å². The zero-order chi connectivity index (χ0) is 24.8. The lowest BCUT2D eigenvalue weighted by Gasteiger charge is -2.37. The number of anilines is 2. The van der Waals surface area contributed by atoms with Gasteiger partial charge < -0.3 is 19.9 Å². The molecule has 182 valence electrons. The Labute approximate surface area is 211 Å². The van der Waals surface area contributed by atoms with Crippen LogP contribution in [0.2, 0.25) is 5.02 Å². The summed E-state index contributed by atoms with van der Waals surface area (Å²) in [5.74, 6) is 0.684. The summed E-state index contributed by atoms with van der Waals surface area (Å²) in [6.45, 7) is 8.68. The van der Waals surface area contributed by atoms with E-state index in [1.54, 1.807) is 18.2 Å². The summed E-state index contributed by atoms with van der Waals surface area (Å²) in [6.07, 6.45) is 0.563. The maximum Gasteiger partial charge on any atom is 0.261 e. The minimum atomic E-state index is -0.362. The van der Waals surface area contributed by atoms with Crippen molar-refractivity contribution >= 4 is 52.1 Å². The maximum absolute atomic E-state index is 12.8. The van der Waals surface area contributed by atoms with E-state index in [4.69, 9.17) is 28.6 Å². The highest BCUT2D eigenvalue weighted by molar-refractivity contribution is 7.80. The van der Waals surface area contributed by atoms with E-state index >= 15 is 0 Å². The number of carbonyl (C=O) groups excluding carboxylic acids is 2. The summed E-state index contributed by atoms with van der Waals surface area (Å²) in [5, 5.41) is 6.54. The van der Waals surface area contributed by atoms with Gasteiger partial charge in [-0.3, -0.25) is 14.9 Å². The molecule has 1 saturated heterocycles. The van der Waals surface area contributed by atoms with Crippen LogP contribution in [0.4, 0.5) is 11.4 Å². The van der Waals surface area contributed by atoms with Crippen molar-refractivity contribution in [2.75, 3.05) is 43.5 Å². The van der Waals surface area contributed by atoms with Crippen LogP contribution in [-0.2, 0) is 4.79 Å². The number of piperazine rings is 1. The number of ether oxygens (including phenoxy) is 1. The Bertz CT molecular complexity index is 1070. The predicted molar refractivity (Wildman–Crippen MR) is 141 cm³/mol. The molecule has 1 aliphatic heterocycles. The van der Waals surface area contributed by atoms with Crippen molar-refractivity contribution in [1.29, 1.82) is 0 Å². The molecule has 0 unspecified atom stereocenters. The molecule has 0 aliphatic carbocycles. The third-order valence-corrected chi connectivity index (χ3v) is 6.09. The number of halogens is 1. The quantitative estimate of drug-likeness (QED) is 0.567. The van der Waals surface area contributed by atoms with E-state index < -0.39 is 0 Å². The average molecular weight is 503 g/mol. The van der Waals surface area contributed by atoms with E-state index in [-0.39, 0.29) is 16.9 Å². The van der Waals surface area contributed by atoms with Crippen molar-refractivity contribution in [3.05, 3.63) is 52.5 Å². The van der Waals surface area contributed by atoms with Gasteiger partial charge in [0.1, 0.15) is 5.75 Å². The smallest absolute Gasteiger partial charge is 0.261 e. The van der Waals surface area contributed by atoms with Gasteiger partial charge in [0.15, 0.2) is 5.11 Å². The second-order valence-electron chi connectivity index (χ2n) is 8.69. The second kappa shape index (κ2) is 11.5. The van der Waals surface area contributed by atoms with Crippen molar-refractivity contribution in [3.8, 4) is 5.75 Å². The number of aryl methyl sites for hydroxylation is 1. The molecule has 0 saturated carbocycles. The first-order valence-electron chi connectivity index (χ1n) is 11.3. The summed E-state index contributed by atoms with van der Waals surface area (Å²) in [6, 6.07) is 10.9. The van der Waals surface area contributed by atoms with Gasteiger partial charge in [-0.1, -0.05) is 37.6 Å². The second-order valence-corrected chi connectivity index (χ2v) is 9.54. The summed E-state index contributed by atoms with van der Waals surface area (Å²) < 4.78 is 5.38. The van der Waals surface area contributed by atoms with Gasteiger partial charge in [0.25, 0.3) is 5.91 Å². The van der Waals surface area contributed by atoms with Crippen LogP contribution in [0.5, 0.6) is 5.75 Å². The third-order valence-electron chi connectivity index (χ3n) is 5.65. The van der Waals surface area contributed by atoms with Gasteiger partial charge in [0.05, 0.1) is 24.0 Å². The molecule has 2 aromatic rings. The van der Waals surface area contributed by atoms with Gasteiger partial charge in [0.2, 0.25) is 5.91 Å². The Morgan fingerprint density at radius 1 is 1.15 bits per heavy atom. The molecule has 9 heteroatoms. The molecule has 2 N–H and O–H groups in total. The number of methoxy groups -OCH3 is 1. The number of amides is 2. The topological polar surface area (TPSA) is 73.9 Å². The van der Waals surface area contributed by atoms with Crippen molar-refractivity contribution < 1.29 is 14.3 Å². The molecule has 0 spiro atoms. The molecule has 1 fully saturated rings. The summed E-state index contributed by atoms with van der Waals surface area (Å²) in [5.41, 5.74) is 2.86. The van der Waals surface area contributed by atoms with Crippen LogP contribution in [0.15, 0.2) is 36.4 Å². The standard InChI is InChI=1S/C25H31ClN4O3S/c1-16(2)14-22(31)30-12-10-29(11-13-30)21-9-8-18(26)15-20(21)27-25(34)28-24(32)19-7-5-6-17(3)23(19)33-4/h5-9,15-16H,10-14H2,1-4H3,(H2,27,28,32,34). The summed E-state index contributed by atoms with van der Waals surface area (Å²) >= 11 is 11.7. The molecule has 7 nitrogen and oxygen atoms in total. The molecular weight excluding hydrogens is 472 g/mol. The Kier molecular flexibility index (Phi) is 8.74. The molecule has 0 bridgehead atoms. The zero-order valence-corrected chi connectivity index (χ0v) is 21.6. The van der Waals surface area contributed by atoms with E-state index in [1.807, 2.05) is 30.0 Å². The van der Waals surface area contributed by atoms with Crippen molar-refractivity contribution in [3.63, 3.8) is 0 Å².